The minimum Gasteiger partial charge on any atom is -0.495 e. The highest BCUT2D eigenvalue weighted by atomic mass is 35.5. The van der Waals surface area contributed by atoms with Crippen LogP contribution in [0.3, 0.4) is 0 Å². The maximum absolute atomic E-state index is 12.4. The molecule has 0 saturated heterocycles. The average molecular weight is 375 g/mol. The molecule has 9 heteroatoms. The quantitative estimate of drug-likeness (QED) is 0.714. The number of furan rings is 1. The molecule has 3 rings (SSSR count). The molecule has 0 aliphatic rings. The van der Waals surface area contributed by atoms with E-state index in [1.807, 2.05) is 0 Å². The van der Waals surface area contributed by atoms with Crippen molar-refractivity contribution in [2.45, 2.75) is 0 Å². The van der Waals surface area contributed by atoms with Crippen molar-refractivity contribution in [3.8, 4) is 5.75 Å². The lowest BCUT2D eigenvalue weighted by Crippen LogP contribution is -2.13. The third kappa shape index (κ3) is 3.70. The molecule has 0 saturated carbocycles. The van der Waals surface area contributed by atoms with Crippen molar-refractivity contribution in [3.63, 3.8) is 0 Å². The second-order valence-electron chi connectivity index (χ2n) is 5.27. The van der Waals surface area contributed by atoms with Gasteiger partial charge in [0, 0.05) is 18.8 Å². The van der Waals surface area contributed by atoms with Crippen LogP contribution in [-0.4, -0.2) is 28.7 Å². The van der Waals surface area contributed by atoms with Gasteiger partial charge in [-0.15, -0.1) is 0 Å². The largest absolute Gasteiger partial charge is 0.495 e. The van der Waals surface area contributed by atoms with Gasteiger partial charge in [-0.3, -0.25) is 14.3 Å². The summed E-state index contributed by atoms with van der Waals surface area (Å²) in [7, 11) is 3.12. The van der Waals surface area contributed by atoms with Gasteiger partial charge < -0.3 is 19.8 Å². The van der Waals surface area contributed by atoms with Crippen molar-refractivity contribution in [3.05, 3.63) is 59.1 Å². The zero-order chi connectivity index (χ0) is 18.7. The minimum absolute atomic E-state index is 0.134. The molecule has 0 fully saturated rings. The first-order chi connectivity index (χ1) is 12.5. The standard InChI is InChI=1S/C17H15ClN4O4/c1-22-15(20-17(24)14-4-3-7-26-14)9-12(21-22)16(23)19-10-5-6-13(25-2)11(18)8-10/h3-9H,1-2H3,(H,19,23)(H,20,24). The predicted molar refractivity (Wildman–Crippen MR) is 95.8 cm³/mol. The molecule has 0 aliphatic heterocycles. The van der Waals surface area contributed by atoms with E-state index in [0.29, 0.717) is 22.3 Å². The Morgan fingerprint density at radius 1 is 1.19 bits per heavy atom. The molecular weight excluding hydrogens is 360 g/mol. The highest BCUT2D eigenvalue weighted by molar-refractivity contribution is 6.32. The number of nitrogens with one attached hydrogen (secondary N) is 2. The topological polar surface area (TPSA) is 98.4 Å². The molecule has 134 valence electrons. The van der Waals surface area contributed by atoms with Crippen LogP contribution in [0, 0.1) is 0 Å². The van der Waals surface area contributed by atoms with E-state index in [2.05, 4.69) is 15.7 Å². The Labute approximate surface area is 153 Å². The van der Waals surface area contributed by atoms with E-state index in [9.17, 15) is 9.59 Å². The van der Waals surface area contributed by atoms with Gasteiger partial charge in [0.15, 0.2) is 11.5 Å². The Balaban J connectivity index is 1.72. The molecular formula is C17H15ClN4O4. The summed E-state index contributed by atoms with van der Waals surface area (Å²) in [6.07, 6.45) is 1.40. The van der Waals surface area contributed by atoms with Crippen LogP contribution in [0.1, 0.15) is 21.0 Å². The van der Waals surface area contributed by atoms with Crippen LogP contribution in [-0.2, 0) is 7.05 Å². The fourth-order valence-electron chi connectivity index (χ4n) is 2.22. The van der Waals surface area contributed by atoms with Crippen LogP contribution in [0.5, 0.6) is 5.75 Å². The summed E-state index contributed by atoms with van der Waals surface area (Å²) in [4.78, 5) is 24.4. The number of carbonyl (C=O) groups is 2. The first kappa shape index (κ1) is 17.6. The van der Waals surface area contributed by atoms with Crippen molar-refractivity contribution in [2.24, 2.45) is 7.05 Å². The van der Waals surface area contributed by atoms with Crippen LogP contribution in [0.25, 0.3) is 0 Å². The summed E-state index contributed by atoms with van der Waals surface area (Å²) < 4.78 is 11.5. The summed E-state index contributed by atoms with van der Waals surface area (Å²) in [6.45, 7) is 0. The van der Waals surface area contributed by atoms with E-state index in [1.54, 1.807) is 31.3 Å². The van der Waals surface area contributed by atoms with Crippen LogP contribution in [0.15, 0.2) is 47.1 Å². The smallest absolute Gasteiger partial charge is 0.292 e. The number of carbonyl (C=O) groups excluding carboxylic acids is 2. The molecule has 0 spiro atoms. The predicted octanol–water partition coefficient (Wildman–Crippen LogP) is 3.18. The van der Waals surface area contributed by atoms with Crippen molar-refractivity contribution < 1.29 is 18.7 Å². The number of halogens is 1. The summed E-state index contributed by atoms with van der Waals surface area (Å²) in [5.41, 5.74) is 0.627. The summed E-state index contributed by atoms with van der Waals surface area (Å²) in [6, 6.07) is 9.47. The molecule has 2 aromatic heterocycles. The number of aromatic nitrogens is 2. The zero-order valence-corrected chi connectivity index (χ0v) is 14.7. The van der Waals surface area contributed by atoms with Crippen LogP contribution in [0.4, 0.5) is 11.5 Å². The maximum atomic E-state index is 12.4. The SMILES string of the molecule is COc1ccc(NC(=O)c2cc(NC(=O)c3ccco3)n(C)n2)cc1Cl. The normalized spacial score (nSPS) is 10.4. The Morgan fingerprint density at radius 2 is 2.00 bits per heavy atom. The zero-order valence-electron chi connectivity index (χ0n) is 13.9. The average Bonchev–Trinajstić information content (AvgIpc) is 3.26. The summed E-state index contributed by atoms with van der Waals surface area (Å²) >= 11 is 6.04. The highest BCUT2D eigenvalue weighted by Gasteiger charge is 2.17. The Morgan fingerprint density at radius 3 is 2.65 bits per heavy atom. The molecule has 0 atom stereocenters. The van der Waals surface area contributed by atoms with E-state index >= 15 is 0 Å². The molecule has 0 bridgehead atoms. The van der Waals surface area contributed by atoms with Crippen molar-refractivity contribution in [2.75, 3.05) is 17.7 Å². The molecule has 2 heterocycles. The van der Waals surface area contributed by atoms with Gasteiger partial charge in [-0.05, 0) is 30.3 Å². The number of benzene rings is 1. The molecule has 0 aliphatic carbocycles. The third-order valence-corrected chi connectivity index (χ3v) is 3.80. The number of hydrogen-bond acceptors (Lipinski definition) is 5. The Kier molecular flexibility index (Phi) is 4.94. The molecule has 2 N–H and O–H groups in total. The number of ether oxygens (including phenoxy) is 1. The second kappa shape index (κ2) is 7.32. The number of methoxy groups -OCH3 is 1. The van der Waals surface area contributed by atoms with Gasteiger partial charge in [0.25, 0.3) is 11.8 Å². The molecule has 26 heavy (non-hydrogen) atoms. The number of hydrogen-bond donors (Lipinski definition) is 2. The number of nitrogens with zero attached hydrogens (tertiary/aromatic N) is 2. The lowest BCUT2D eigenvalue weighted by molar-refractivity contribution is 0.0993. The van der Waals surface area contributed by atoms with Crippen molar-refractivity contribution in [1.29, 1.82) is 0 Å². The lowest BCUT2D eigenvalue weighted by Gasteiger charge is -2.06. The number of aryl methyl sites for hydroxylation is 1. The number of rotatable bonds is 5. The van der Waals surface area contributed by atoms with Crippen molar-refractivity contribution in [1.82, 2.24) is 9.78 Å². The van der Waals surface area contributed by atoms with Gasteiger partial charge in [0.1, 0.15) is 11.6 Å². The first-order valence-corrected chi connectivity index (χ1v) is 7.89. The minimum atomic E-state index is -0.444. The summed E-state index contributed by atoms with van der Waals surface area (Å²) in [5.74, 6) is 0.132. The fraction of sp³-hybridized carbons (Fsp3) is 0.118. The molecule has 0 unspecified atom stereocenters. The van der Waals surface area contributed by atoms with E-state index in [1.165, 1.54) is 30.2 Å². The van der Waals surface area contributed by atoms with E-state index in [4.69, 9.17) is 20.8 Å². The maximum Gasteiger partial charge on any atom is 0.292 e. The van der Waals surface area contributed by atoms with E-state index in [-0.39, 0.29) is 11.5 Å². The number of anilines is 2. The molecule has 2 amide bonds. The molecule has 1 aromatic carbocycles. The monoisotopic (exact) mass is 374 g/mol. The lowest BCUT2D eigenvalue weighted by atomic mass is 10.3. The highest BCUT2D eigenvalue weighted by Crippen LogP contribution is 2.27. The van der Waals surface area contributed by atoms with Crippen LogP contribution >= 0.6 is 11.6 Å². The third-order valence-electron chi connectivity index (χ3n) is 3.51. The van der Waals surface area contributed by atoms with Gasteiger partial charge in [-0.25, -0.2) is 0 Å². The van der Waals surface area contributed by atoms with E-state index < -0.39 is 11.8 Å². The van der Waals surface area contributed by atoms with Crippen LogP contribution in [0.2, 0.25) is 5.02 Å². The second-order valence-corrected chi connectivity index (χ2v) is 5.68. The first-order valence-electron chi connectivity index (χ1n) is 7.51. The van der Waals surface area contributed by atoms with Gasteiger partial charge in [-0.1, -0.05) is 11.6 Å². The van der Waals surface area contributed by atoms with Gasteiger partial charge >= 0.3 is 0 Å². The molecule has 8 nitrogen and oxygen atoms in total. The van der Waals surface area contributed by atoms with Crippen molar-refractivity contribution >= 4 is 34.9 Å². The van der Waals surface area contributed by atoms with Gasteiger partial charge in [-0.2, -0.15) is 5.10 Å². The summed E-state index contributed by atoms with van der Waals surface area (Å²) in [5, 5.41) is 9.78. The fourth-order valence-corrected chi connectivity index (χ4v) is 2.48. The van der Waals surface area contributed by atoms with Crippen LogP contribution < -0.4 is 15.4 Å². The Hall–Kier alpha value is -3.26. The van der Waals surface area contributed by atoms with E-state index in [0.717, 1.165) is 0 Å². The molecule has 0 radical (unpaired) electrons. The Bertz CT molecular complexity index is 950. The van der Waals surface area contributed by atoms with Gasteiger partial charge in [0.2, 0.25) is 0 Å². The van der Waals surface area contributed by atoms with Gasteiger partial charge in [0.05, 0.1) is 18.4 Å². The molecule has 3 aromatic rings. The number of amides is 2.